The Morgan fingerprint density at radius 3 is 0.714 bits per heavy atom. The fourth-order valence-electron chi connectivity index (χ4n) is 2.01. The molecule has 0 aromatic rings. The van der Waals surface area contributed by atoms with E-state index in [9.17, 15) is 4.79 Å². The lowest BCUT2D eigenvalue weighted by molar-refractivity contribution is -0.120. The molecule has 21 heavy (non-hydrogen) atoms. The van der Waals surface area contributed by atoms with Crippen LogP contribution in [0.25, 0.3) is 0 Å². The van der Waals surface area contributed by atoms with Gasteiger partial charge in [0.1, 0.15) is 5.78 Å². The summed E-state index contributed by atoms with van der Waals surface area (Å²) in [6, 6.07) is 0. The Hall–Kier alpha value is -0.650. The highest BCUT2D eigenvalue weighted by Crippen LogP contribution is 2.15. The van der Waals surface area contributed by atoms with Gasteiger partial charge in [0.2, 0.25) is 0 Å². The molecule has 0 aromatic carbocycles. The van der Waals surface area contributed by atoms with Crippen LogP contribution in [-0.4, -0.2) is 49.6 Å². The molecule has 0 aromatic heterocycles. The number of hydrogen-bond donors (Lipinski definition) is 0. The molecule has 0 spiro atoms. The fourth-order valence-corrected chi connectivity index (χ4v) is 2.01. The van der Waals surface area contributed by atoms with Gasteiger partial charge >= 0.3 is 0 Å². The number of carbonyl (C=O) groups is 1. The first-order valence-corrected chi connectivity index (χ1v) is 5.91. The normalized spacial score (nSPS) is 14.4. The molecule has 0 unspecified atom stereocenters. The summed E-state index contributed by atoms with van der Waals surface area (Å²) in [7, 11) is 0. The lowest BCUT2D eigenvalue weighted by Gasteiger charge is -2.05. The van der Waals surface area contributed by atoms with Crippen LogP contribution in [0.3, 0.4) is 0 Å². The maximum Gasteiger partial charge on any atom is 0.132 e. The summed E-state index contributed by atoms with van der Waals surface area (Å²) in [5.41, 5.74) is 0. The van der Waals surface area contributed by atoms with Crippen LogP contribution in [0.15, 0.2) is 0 Å². The Morgan fingerprint density at radius 2 is 0.571 bits per heavy atom. The Morgan fingerprint density at radius 1 is 0.381 bits per heavy atom. The van der Waals surface area contributed by atoms with Crippen molar-refractivity contribution >= 4 is 5.78 Å². The van der Waals surface area contributed by atoms with Gasteiger partial charge in [-0.15, -0.1) is 0 Å². The Balaban J connectivity index is -0.0000000195. The third-order valence-electron chi connectivity index (χ3n) is 2.91. The van der Waals surface area contributed by atoms with Gasteiger partial charge < -0.3 is 43.8 Å². The van der Waals surface area contributed by atoms with Crippen molar-refractivity contribution < 1.29 is 48.6 Å². The van der Waals surface area contributed by atoms with E-state index in [4.69, 9.17) is 0 Å². The molecule has 2 saturated carbocycles. The summed E-state index contributed by atoms with van der Waals surface area (Å²) in [5, 5.41) is 0. The van der Waals surface area contributed by atoms with Gasteiger partial charge in [-0.2, -0.15) is 0 Å². The quantitative estimate of drug-likeness (QED) is 0.450. The van der Waals surface area contributed by atoms with E-state index >= 15 is 0 Å². The van der Waals surface area contributed by atoms with E-state index in [0.29, 0.717) is 5.78 Å². The second-order valence-corrected chi connectivity index (χ2v) is 4.22. The van der Waals surface area contributed by atoms with E-state index in [1.807, 2.05) is 0 Å². The molecule has 9 heteroatoms. The minimum Gasteiger partial charge on any atom is -0.412 e. The summed E-state index contributed by atoms with van der Waals surface area (Å²) in [4.78, 5) is 10.5. The van der Waals surface area contributed by atoms with Crippen molar-refractivity contribution in [3.63, 3.8) is 0 Å². The van der Waals surface area contributed by atoms with Gasteiger partial charge in [-0.25, -0.2) is 0 Å². The molecule has 0 aliphatic heterocycles. The largest absolute Gasteiger partial charge is 0.412 e. The molecule has 0 saturated heterocycles. The van der Waals surface area contributed by atoms with E-state index in [0.717, 1.165) is 25.7 Å². The molecule has 9 nitrogen and oxygen atoms in total. The number of ketones is 1. The summed E-state index contributed by atoms with van der Waals surface area (Å²) >= 11 is 0. The first kappa shape index (κ1) is 50.0. The third kappa shape index (κ3) is 32.7. The molecule has 2 aliphatic carbocycles. The number of Topliss-reactive ketones (excluding diaryl/α,β-unsaturated/α-hetero) is 1. The zero-order chi connectivity index (χ0) is 9.36. The van der Waals surface area contributed by atoms with Crippen LogP contribution < -0.4 is 0 Å². The number of hydrogen-bond acceptors (Lipinski definition) is 1. The van der Waals surface area contributed by atoms with Crippen molar-refractivity contribution in [2.45, 2.75) is 70.6 Å². The Bertz CT molecular complexity index is 132. The summed E-state index contributed by atoms with van der Waals surface area (Å²) in [6.45, 7) is 0. The molecule has 0 atom stereocenters. The topological polar surface area (TPSA) is 269 Å². The third-order valence-corrected chi connectivity index (χ3v) is 2.91. The van der Waals surface area contributed by atoms with Crippen molar-refractivity contribution in [2.75, 3.05) is 0 Å². The molecular formula is C12H38O9. The van der Waals surface area contributed by atoms with E-state index < -0.39 is 0 Å². The predicted octanol–water partition coefficient (Wildman–Crippen LogP) is -2.74. The van der Waals surface area contributed by atoms with Crippen molar-refractivity contribution in [3.05, 3.63) is 0 Å². The van der Waals surface area contributed by atoms with Crippen LogP contribution in [0.5, 0.6) is 0 Å². The molecule has 0 amide bonds. The molecule has 2 aliphatic rings. The molecule has 0 radical (unpaired) electrons. The maximum absolute atomic E-state index is 10.5. The van der Waals surface area contributed by atoms with Gasteiger partial charge in [0.05, 0.1) is 0 Å². The van der Waals surface area contributed by atoms with Crippen molar-refractivity contribution in [2.24, 2.45) is 0 Å². The van der Waals surface area contributed by atoms with Crippen LogP contribution in [0.4, 0.5) is 0 Å². The molecular weight excluding hydrogens is 288 g/mol. The Kier molecular flexibility index (Phi) is 87.0. The smallest absolute Gasteiger partial charge is 0.132 e. The van der Waals surface area contributed by atoms with Crippen LogP contribution in [-0.2, 0) is 4.79 Å². The standard InChI is InChI=1S/C6H10O.C6H12.8H2O/c7-6-4-2-1-3-5-6;1-2-4-6-5-3-1;;;;;;;;/h1-5H2;1-6H2;8*1H2. The average Bonchev–Trinajstić information content (AvgIpc) is 2.22. The number of carbonyl (C=O) groups excluding carboxylic acids is 1. The minimum atomic E-state index is 0. The molecule has 0 heterocycles. The van der Waals surface area contributed by atoms with Crippen molar-refractivity contribution in [1.29, 1.82) is 0 Å². The zero-order valence-electron chi connectivity index (χ0n) is 12.7. The Labute approximate surface area is 126 Å². The highest BCUT2D eigenvalue weighted by molar-refractivity contribution is 5.78. The highest BCUT2D eigenvalue weighted by Gasteiger charge is 2.05. The zero-order valence-corrected chi connectivity index (χ0v) is 12.7. The van der Waals surface area contributed by atoms with Crippen LogP contribution in [0.2, 0.25) is 0 Å². The molecule has 0 bridgehead atoms. The van der Waals surface area contributed by atoms with E-state index in [1.165, 1.54) is 44.9 Å². The summed E-state index contributed by atoms with van der Waals surface area (Å²) in [6.07, 6.45) is 14.2. The van der Waals surface area contributed by atoms with Gasteiger partial charge in [0.15, 0.2) is 0 Å². The second-order valence-electron chi connectivity index (χ2n) is 4.22. The van der Waals surface area contributed by atoms with Gasteiger partial charge in [-0.05, 0) is 12.8 Å². The van der Waals surface area contributed by atoms with Gasteiger partial charge in [0.25, 0.3) is 0 Å². The molecule has 2 rings (SSSR count). The predicted molar refractivity (Wildman–Crippen MR) is 84.7 cm³/mol. The molecule has 16 N–H and O–H groups in total. The van der Waals surface area contributed by atoms with Gasteiger partial charge in [0, 0.05) is 12.8 Å². The fraction of sp³-hybridized carbons (Fsp3) is 0.917. The lowest BCUT2D eigenvalue weighted by atomic mass is 10.00. The first-order chi connectivity index (χ1) is 6.39. The van der Waals surface area contributed by atoms with E-state index in [2.05, 4.69) is 0 Å². The van der Waals surface area contributed by atoms with Crippen molar-refractivity contribution in [3.8, 4) is 0 Å². The first-order valence-electron chi connectivity index (χ1n) is 5.91. The SMILES string of the molecule is C1CCCCC1.O.O.O.O.O.O.O.O.O=C1CCCCC1. The van der Waals surface area contributed by atoms with Gasteiger partial charge in [-0.1, -0.05) is 44.9 Å². The summed E-state index contributed by atoms with van der Waals surface area (Å²) in [5.74, 6) is 0.464. The van der Waals surface area contributed by atoms with Gasteiger partial charge in [-0.3, -0.25) is 4.79 Å². The summed E-state index contributed by atoms with van der Waals surface area (Å²) < 4.78 is 0. The molecule has 2 fully saturated rings. The second kappa shape index (κ2) is 36.6. The lowest BCUT2D eigenvalue weighted by Crippen LogP contribution is -2.02. The maximum atomic E-state index is 10.5. The number of rotatable bonds is 0. The van der Waals surface area contributed by atoms with E-state index in [-0.39, 0.29) is 43.8 Å². The van der Waals surface area contributed by atoms with Crippen LogP contribution >= 0.6 is 0 Å². The monoisotopic (exact) mass is 326 g/mol. The highest BCUT2D eigenvalue weighted by atomic mass is 16.1. The van der Waals surface area contributed by atoms with Crippen LogP contribution in [0.1, 0.15) is 70.6 Å². The minimum absolute atomic E-state index is 0. The average molecular weight is 326 g/mol. The van der Waals surface area contributed by atoms with E-state index in [1.54, 1.807) is 0 Å². The van der Waals surface area contributed by atoms with Crippen molar-refractivity contribution in [1.82, 2.24) is 0 Å². The van der Waals surface area contributed by atoms with Crippen LogP contribution in [0, 0.1) is 0 Å². The molecule has 140 valence electrons.